The summed E-state index contributed by atoms with van der Waals surface area (Å²) in [6, 6.07) is 0. The third kappa shape index (κ3) is 1.96. The van der Waals surface area contributed by atoms with Crippen molar-refractivity contribution < 1.29 is 0 Å². The Morgan fingerprint density at radius 1 is 1.29 bits per heavy atom. The van der Waals surface area contributed by atoms with Crippen molar-refractivity contribution in [1.29, 1.82) is 0 Å². The first kappa shape index (κ1) is 10.4. The van der Waals surface area contributed by atoms with E-state index in [-0.39, 0.29) is 0 Å². The molecule has 14 heavy (non-hydrogen) atoms. The van der Waals surface area contributed by atoms with E-state index in [4.69, 9.17) is 0 Å². The molecule has 2 aliphatic rings. The quantitative estimate of drug-likeness (QED) is 0.725. The molecule has 2 aliphatic heterocycles. The second kappa shape index (κ2) is 4.19. The van der Waals surface area contributed by atoms with Crippen molar-refractivity contribution in [2.45, 2.75) is 45.1 Å². The predicted molar refractivity (Wildman–Crippen MR) is 60.5 cm³/mol. The van der Waals surface area contributed by atoms with Gasteiger partial charge in [-0.05, 0) is 38.3 Å². The lowest BCUT2D eigenvalue weighted by Gasteiger charge is -2.45. The van der Waals surface area contributed by atoms with Crippen LogP contribution in [0, 0.1) is 5.92 Å². The minimum absolute atomic E-state index is 0.544. The minimum atomic E-state index is 0.544. The third-order valence-electron chi connectivity index (χ3n) is 3.80. The molecule has 2 heterocycles. The third-order valence-corrected chi connectivity index (χ3v) is 3.80. The maximum atomic E-state index is 3.54. The van der Waals surface area contributed by atoms with Crippen LogP contribution in [0.3, 0.4) is 0 Å². The van der Waals surface area contributed by atoms with Gasteiger partial charge in [0.1, 0.15) is 0 Å². The summed E-state index contributed by atoms with van der Waals surface area (Å²) in [5.41, 5.74) is 0.544. The van der Waals surface area contributed by atoms with Crippen LogP contribution in [0.1, 0.15) is 39.5 Å². The van der Waals surface area contributed by atoms with Crippen molar-refractivity contribution in [2.75, 3.05) is 26.2 Å². The molecule has 1 unspecified atom stereocenters. The van der Waals surface area contributed by atoms with Crippen molar-refractivity contribution in [2.24, 2.45) is 5.92 Å². The summed E-state index contributed by atoms with van der Waals surface area (Å²) in [6.07, 6.45) is 5.65. The van der Waals surface area contributed by atoms with Gasteiger partial charge in [0, 0.05) is 18.6 Å². The molecule has 0 amide bonds. The van der Waals surface area contributed by atoms with E-state index < -0.39 is 0 Å². The Balaban J connectivity index is 2.02. The van der Waals surface area contributed by atoms with Crippen molar-refractivity contribution >= 4 is 0 Å². The summed E-state index contributed by atoms with van der Waals surface area (Å²) in [5, 5.41) is 3.54. The maximum absolute atomic E-state index is 3.54. The van der Waals surface area contributed by atoms with Gasteiger partial charge >= 0.3 is 0 Å². The van der Waals surface area contributed by atoms with E-state index in [1.807, 2.05) is 0 Å². The van der Waals surface area contributed by atoms with Gasteiger partial charge in [0.05, 0.1) is 0 Å². The van der Waals surface area contributed by atoms with Crippen molar-refractivity contribution in [3.8, 4) is 0 Å². The molecule has 2 saturated heterocycles. The zero-order chi connectivity index (χ0) is 10.0. The number of likely N-dealkylation sites (tertiary alicyclic amines) is 1. The number of hydrogen-bond acceptors (Lipinski definition) is 2. The molecule has 1 atom stereocenters. The zero-order valence-corrected chi connectivity index (χ0v) is 9.68. The second-order valence-corrected chi connectivity index (χ2v) is 5.45. The Morgan fingerprint density at radius 3 is 2.79 bits per heavy atom. The molecule has 0 aromatic heterocycles. The highest BCUT2D eigenvalue weighted by atomic mass is 15.2. The normalized spacial score (nSPS) is 34.5. The number of nitrogens with zero attached hydrogens (tertiary/aromatic N) is 1. The standard InChI is InChI=1S/C12H24N2/c1-11(2)9-14-8-4-3-5-12(14)6-7-13-10-12/h11,13H,3-10H2,1-2H3. The van der Waals surface area contributed by atoms with Gasteiger partial charge in [-0.3, -0.25) is 4.90 Å². The van der Waals surface area contributed by atoms with Gasteiger partial charge in [-0.15, -0.1) is 0 Å². The van der Waals surface area contributed by atoms with Crippen LogP contribution in [0.4, 0.5) is 0 Å². The van der Waals surface area contributed by atoms with Crippen LogP contribution in [0.5, 0.6) is 0 Å². The number of piperidine rings is 1. The second-order valence-electron chi connectivity index (χ2n) is 5.45. The Morgan fingerprint density at radius 2 is 2.14 bits per heavy atom. The number of rotatable bonds is 2. The van der Waals surface area contributed by atoms with E-state index in [1.54, 1.807) is 0 Å². The molecule has 2 heteroatoms. The molecular formula is C12H24N2. The first-order chi connectivity index (χ1) is 6.73. The molecule has 0 aliphatic carbocycles. The van der Waals surface area contributed by atoms with Crippen molar-refractivity contribution in [3.05, 3.63) is 0 Å². The molecule has 0 radical (unpaired) electrons. The molecule has 82 valence electrons. The average Bonchev–Trinajstić information content (AvgIpc) is 2.58. The van der Waals surface area contributed by atoms with Gasteiger partial charge in [-0.25, -0.2) is 0 Å². The lowest BCUT2D eigenvalue weighted by molar-refractivity contribution is 0.0513. The van der Waals surface area contributed by atoms with Crippen LogP contribution in [-0.2, 0) is 0 Å². The Labute approximate surface area is 88.1 Å². The summed E-state index contributed by atoms with van der Waals surface area (Å²) >= 11 is 0. The van der Waals surface area contributed by atoms with Gasteiger partial charge in [-0.2, -0.15) is 0 Å². The minimum Gasteiger partial charge on any atom is -0.315 e. The molecule has 2 rings (SSSR count). The summed E-state index contributed by atoms with van der Waals surface area (Å²) in [5.74, 6) is 0.811. The van der Waals surface area contributed by atoms with Crippen molar-refractivity contribution in [3.63, 3.8) is 0 Å². The molecule has 1 N–H and O–H groups in total. The molecule has 1 spiro atoms. The first-order valence-electron chi connectivity index (χ1n) is 6.19. The molecule has 2 fully saturated rings. The lowest BCUT2D eigenvalue weighted by Crippen LogP contribution is -2.54. The van der Waals surface area contributed by atoms with Gasteiger partial charge in [-0.1, -0.05) is 20.3 Å². The topological polar surface area (TPSA) is 15.3 Å². The Bertz CT molecular complexity index is 183. The van der Waals surface area contributed by atoms with Gasteiger partial charge in [0.2, 0.25) is 0 Å². The van der Waals surface area contributed by atoms with E-state index >= 15 is 0 Å². The largest absolute Gasteiger partial charge is 0.315 e. The number of hydrogen-bond donors (Lipinski definition) is 1. The van der Waals surface area contributed by atoms with Crippen LogP contribution >= 0.6 is 0 Å². The lowest BCUT2D eigenvalue weighted by atomic mass is 9.85. The van der Waals surface area contributed by atoms with E-state index in [9.17, 15) is 0 Å². The monoisotopic (exact) mass is 196 g/mol. The molecule has 2 nitrogen and oxygen atoms in total. The van der Waals surface area contributed by atoms with Crippen LogP contribution in [0.25, 0.3) is 0 Å². The molecule has 0 aromatic carbocycles. The van der Waals surface area contributed by atoms with Crippen LogP contribution < -0.4 is 5.32 Å². The van der Waals surface area contributed by atoms with Crippen LogP contribution in [-0.4, -0.2) is 36.6 Å². The average molecular weight is 196 g/mol. The van der Waals surface area contributed by atoms with Crippen LogP contribution in [0.2, 0.25) is 0 Å². The Kier molecular flexibility index (Phi) is 3.13. The van der Waals surface area contributed by atoms with Gasteiger partial charge in [0.15, 0.2) is 0 Å². The zero-order valence-electron chi connectivity index (χ0n) is 9.68. The molecule has 0 bridgehead atoms. The highest BCUT2D eigenvalue weighted by Crippen LogP contribution is 2.33. The highest BCUT2D eigenvalue weighted by Gasteiger charge is 2.40. The summed E-state index contributed by atoms with van der Waals surface area (Å²) in [6.45, 7) is 9.77. The molecule has 0 saturated carbocycles. The summed E-state index contributed by atoms with van der Waals surface area (Å²) < 4.78 is 0. The van der Waals surface area contributed by atoms with Gasteiger partial charge in [0.25, 0.3) is 0 Å². The SMILES string of the molecule is CC(C)CN1CCCCC12CCNC2. The van der Waals surface area contributed by atoms with Gasteiger partial charge < -0.3 is 5.32 Å². The van der Waals surface area contributed by atoms with E-state index in [2.05, 4.69) is 24.1 Å². The fourth-order valence-corrected chi connectivity index (χ4v) is 3.09. The fourth-order valence-electron chi connectivity index (χ4n) is 3.09. The van der Waals surface area contributed by atoms with E-state index in [0.29, 0.717) is 5.54 Å². The predicted octanol–water partition coefficient (Wildman–Crippen LogP) is 1.86. The van der Waals surface area contributed by atoms with Crippen LogP contribution in [0.15, 0.2) is 0 Å². The Hall–Kier alpha value is -0.0800. The maximum Gasteiger partial charge on any atom is 0.0346 e. The number of nitrogens with one attached hydrogen (secondary N) is 1. The first-order valence-corrected chi connectivity index (χ1v) is 6.19. The molecule has 0 aromatic rings. The highest BCUT2D eigenvalue weighted by molar-refractivity contribution is 4.99. The van der Waals surface area contributed by atoms with E-state index in [1.165, 1.54) is 51.9 Å². The summed E-state index contributed by atoms with van der Waals surface area (Å²) in [7, 11) is 0. The van der Waals surface area contributed by atoms with E-state index in [0.717, 1.165) is 5.92 Å². The van der Waals surface area contributed by atoms with Crippen molar-refractivity contribution in [1.82, 2.24) is 10.2 Å². The fraction of sp³-hybridized carbons (Fsp3) is 1.00. The molecular weight excluding hydrogens is 172 g/mol. The smallest absolute Gasteiger partial charge is 0.0346 e. The summed E-state index contributed by atoms with van der Waals surface area (Å²) in [4.78, 5) is 2.77.